The van der Waals surface area contributed by atoms with Gasteiger partial charge in [-0.2, -0.15) is 48.3 Å². The Balaban J connectivity index is 5.97. The van der Waals surface area contributed by atoms with Crippen molar-refractivity contribution in [2.75, 3.05) is 0 Å². The van der Waals surface area contributed by atoms with E-state index in [9.17, 15) is 57.1 Å². The van der Waals surface area contributed by atoms with Gasteiger partial charge in [-0.25, -0.2) is 8.78 Å². The van der Waals surface area contributed by atoms with Gasteiger partial charge in [-0.3, -0.25) is 0 Å². The van der Waals surface area contributed by atoms with Crippen LogP contribution in [0.15, 0.2) is 0 Å². The molecule has 0 N–H and O–H groups in total. The molecule has 1 atom stereocenters. The molecular weight excluding hydrogens is 319 g/mol. The first-order valence-electron chi connectivity index (χ1n) is 3.81. The Labute approximate surface area is 94.7 Å². The number of alkyl halides is 13. The van der Waals surface area contributed by atoms with Gasteiger partial charge in [-0.15, -0.1) is 0 Å². The highest BCUT2D eigenvalue weighted by Gasteiger charge is 2.84. The van der Waals surface area contributed by atoms with E-state index in [1.165, 1.54) is 0 Å². The van der Waals surface area contributed by atoms with Crippen LogP contribution in [-0.2, 0) is 0 Å². The van der Waals surface area contributed by atoms with Crippen LogP contribution in [-0.4, -0.2) is 36.3 Å². The Hall–Kier alpha value is -0.910. The molecule has 116 valence electrons. The van der Waals surface area contributed by atoms with Gasteiger partial charge in [0.15, 0.2) is 0 Å². The Morgan fingerprint density at radius 1 is 0.474 bits per heavy atom. The third kappa shape index (κ3) is 2.68. The molecule has 13 heteroatoms. The van der Waals surface area contributed by atoms with E-state index in [4.69, 9.17) is 0 Å². The Morgan fingerprint density at radius 2 is 0.737 bits per heavy atom. The first kappa shape index (κ1) is 18.1. The molecule has 0 saturated carbocycles. The molecule has 0 bridgehead atoms. The molecule has 0 aromatic rings. The summed E-state index contributed by atoms with van der Waals surface area (Å²) in [6, 6.07) is 0. The predicted octanol–water partition coefficient (Wildman–Crippen LogP) is 4.36. The monoisotopic (exact) mass is 320 g/mol. The fourth-order valence-corrected chi connectivity index (χ4v) is 0.842. The maximum Gasteiger partial charge on any atom is 0.456 e. The number of rotatable bonds is 2. The molecule has 0 aromatic carbocycles. The fourth-order valence-electron chi connectivity index (χ4n) is 0.842. The van der Waals surface area contributed by atoms with Gasteiger partial charge < -0.3 is 0 Å². The first-order chi connectivity index (χ1) is 7.90. The Bertz CT molecular complexity index is 301. The first-order valence-corrected chi connectivity index (χ1v) is 3.81. The Morgan fingerprint density at radius 3 is 0.895 bits per heavy atom. The zero-order valence-corrected chi connectivity index (χ0v) is 7.99. The molecule has 0 aromatic heterocycles. The highest BCUT2D eigenvalue weighted by atomic mass is 19.4. The summed E-state index contributed by atoms with van der Waals surface area (Å²) in [6.45, 7) is 0. The minimum absolute atomic E-state index is 6.24. The summed E-state index contributed by atoms with van der Waals surface area (Å²) in [5, 5.41) is 0. The molecule has 1 unspecified atom stereocenters. The van der Waals surface area contributed by atoms with Crippen molar-refractivity contribution in [1.29, 1.82) is 0 Å². The van der Waals surface area contributed by atoms with Crippen molar-refractivity contribution in [2.24, 2.45) is 0 Å². The van der Waals surface area contributed by atoms with E-state index in [1.807, 2.05) is 0 Å². The van der Waals surface area contributed by atoms with Crippen molar-refractivity contribution in [2.45, 2.75) is 36.3 Å². The lowest BCUT2D eigenvalue weighted by Gasteiger charge is -2.36. The lowest BCUT2D eigenvalue weighted by Crippen LogP contribution is -2.66. The molecule has 0 aliphatic heterocycles. The molecule has 0 aliphatic carbocycles. The quantitative estimate of drug-likeness (QED) is 0.664. The molecular formula is C6HF13. The zero-order chi connectivity index (χ0) is 16.1. The average Bonchev–Trinajstić information content (AvgIpc) is 2.09. The van der Waals surface area contributed by atoms with E-state index in [2.05, 4.69) is 0 Å². The van der Waals surface area contributed by atoms with Gasteiger partial charge in [0.25, 0.3) is 0 Å². The minimum atomic E-state index is -7.36. The van der Waals surface area contributed by atoms with Gasteiger partial charge in [-0.05, 0) is 0 Å². The molecule has 0 rings (SSSR count). The van der Waals surface area contributed by atoms with Crippen LogP contribution in [0.1, 0.15) is 0 Å². The molecule has 0 fully saturated rings. The van der Waals surface area contributed by atoms with Gasteiger partial charge in [0.05, 0.1) is 0 Å². The molecule has 0 spiro atoms. The molecule has 0 heterocycles. The topological polar surface area (TPSA) is 0 Å². The van der Waals surface area contributed by atoms with Crippen molar-refractivity contribution in [3.8, 4) is 0 Å². The summed E-state index contributed by atoms with van der Waals surface area (Å²) in [7, 11) is 0. The molecule has 0 amide bonds. The van der Waals surface area contributed by atoms with Gasteiger partial charge in [0.2, 0.25) is 6.17 Å². The summed E-state index contributed by atoms with van der Waals surface area (Å²) in [4.78, 5) is 0. The number of hydrogen-bond acceptors (Lipinski definition) is 0. The van der Waals surface area contributed by atoms with Crippen molar-refractivity contribution in [1.82, 2.24) is 0 Å². The average molecular weight is 320 g/mol. The molecule has 0 saturated heterocycles. The van der Waals surface area contributed by atoms with Crippen molar-refractivity contribution < 1.29 is 57.1 Å². The summed E-state index contributed by atoms with van der Waals surface area (Å²) in [5.74, 6) is -7.19. The second-order valence-corrected chi connectivity index (χ2v) is 3.19. The molecule has 0 radical (unpaired) electrons. The summed E-state index contributed by atoms with van der Waals surface area (Å²) in [6.07, 6.45) is -28.1. The Kier molecular flexibility index (Phi) is 4.09. The standard InChI is InChI=1S/C6HF13/c7-1(3(9,10)6(17,18)19)2(8,4(11,12)13)5(14,15)16/h1H. The maximum atomic E-state index is 12.6. The maximum absolute atomic E-state index is 12.6. The third-order valence-corrected chi connectivity index (χ3v) is 1.87. The van der Waals surface area contributed by atoms with Crippen LogP contribution < -0.4 is 0 Å². The van der Waals surface area contributed by atoms with Crippen LogP contribution in [0.25, 0.3) is 0 Å². The molecule has 0 aliphatic rings. The van der Waals surface area contributed by atoms with Crippen LogP contribution in [0, 0.1) is 0 Å². The predicted molar refractivity (Wildman–Crippen MR) is 31.8 cm³/mol. The van der Waals surface area contributed by atoms with Crippen LogP contribution in [0.3, 0.4) is 0 Å². The number of hydrogen-bond donors (Lipinski definition) is 0. The summed E-state index contributed by atoms with van der Waals surface area (Å²) in [5.41, 5.74) is -7.36. The van der Waals surface area contributed by atoms with Gasteiger partial charge >= 0.3 is 30.1 Å². The SMILES string of the molecule is FC(C(F)(F)C(F)(F)F)C(F)(C(F)(F)F)C(F)(F)F. The highest BCUT2D eigenvalue weighted by molar-refractivity contribution is 5.07. The zero-order valence-electron chi connectivity index (χ0n) is 7.99. The van der Waals surface area contributed by atoms with Crippen LogP contribution in [0.4, 0.5) is 57.1 Å². The number of halogens is 13. The van der Waals surface area contributed by atoms with E-state index < -0.39 is 36.3 Å². The van der Waals surface area contributed by atoms with Crippen molar-refractivity contribution in [3.05, 3.63) is 0 Å². The highest BCUT2D eigenvalue weighted by Crippen LogP contribution is 2.55. The normalized spacial score (nSPS) is 17.5. The lowest BCUT2D eigenvalue weighted by molar-refractivity contribution is -0.398. The summed E-state index contributed by atoms with van der Waals surface area (Å²) >= 11 is 0. The second-order valence-electron chi connectivity index (χ2n) is 3.19. The second kappa shape index (κ2) is 4.30. The minimum Gasteiger partial charge on any atom is -0.236 e. The molecule has 19 heavy (non-hydrogen) atoms. The van der Waals surface area contributed by atoms with Gasteiger partial charge in [0.1, 0.15) is 0 Å². The van der Waals surface area contributed by atoms with Crippen LogP contribution in [0.5, 0.6) is 0 Å². The largest absolute Gasteiger partial charge is 0.456 e. The van der Waals surface area contributed by atoms with Crippen LogP contribution in [0.2, 0.25) is 0 Å². The molecule has 0 nitrogen and oxygen atoms in total. The van der Waals surface area contributed by atoms with E-state index in [1.54, 1.807) is 0 Å². The fraction of sp³-hybridized carbons (Fsp3) is 1.00. The van der Waals surface area contributed by atoms with Gasteiger partial charge in [0, 0.05) is 0 Å². The van der Waals surface area contributed by atoms with E-state index in [0.29, 0.717) is 0 Å². The van der Waals surface area contributed by atoms with E-state index in [-0.39, 0.29) is 0 Å². The van der Waals surface area contributed by atoms with E-state index >= 15 is 0 Å². The van der Waals surface area contributed by atoms with Crippen molar-refractivity contribution >= 4 is 0 Å². The van der Waals surface area contributed by atoms with E-state index in [0.717, 1.165) is 0 Å². The third-order valence-electron chi connectivity index (χ3n) is 1.87. The smallest absolute Gasteiger partial charge is 0.236 e. The summed E-state index contributed by atoms with van der Waals surface area (Å²) < 4.78 is 154. The van der Waals surface area contributed by atoms with Crippen LogP contribution >= 0.6 is 0 Å². The van der Waals surface area contributed by atoms with Crippen molar-refractivity contribution in [3.63, 3.8) is 0 Å². The lowest BCUT2D eigenvalue weighted by atomic mass is 9.93. The van der Waals surface area contributed by atoms with Gasteiger partial charge in [-0.1, -0.05) is 0 Å².